The number of anilines is 3. The van der Waals surface area contributed by atoms with Crippen molar-refractivity contribution in [2.24, 2.45) is 0 Å². The van der Waals surface area contributed by atoms with Gasteiger partial charge < -0.3 is 16.4 Å². The molecule has 0 aromatic heterocycles. The molecule has 0 spiro atoms. The Morgan fingerprint density at radius 1 is 1.11 bits per heavy atom. The summed E-state index contributed by atoms with van der Waals surface area (Å²) >= 11 is 0. The molecular weight excluding hydrogens is 226 g/mol. The predicted octanol–water partition coefficient (Wildman–Crippen LogP) is 2.37. The van der Waals surface area contributed by atoms with Gasteiger partial charge in [-0.05, 0) is 30.3 Å². The van der Waals surface area contributed by atoms with E-state index in [-0.39, 0.29) is 5.91 Å². The first-order valence-corrected chi connectivity index (χ1v) is 5.64. The van der Waals surface area contributed by atoms with Crippen molar-refractivity contribution in [3.8, 4) is 0 Å². The molecule has 0 heterocycles. The molecule has 0 aliphatic carbocycles. The number of amides is 1. The molecule has 0 radical (unpaired) electrons. The van der Waals surface area contributed by atoms with Crippen molar-refractivity contribution in [2.75, 3.05) is 18.1 Å². The maximum Gasteiger partial charge on any atom is 0.253 e. The second-order valence-corrected chi connectivity index (χ2v) is 3.88. The second-order valence-electron chi connectivity index (χ2n) is 3.88. The van der Waals surface area contributed by atoms with Gasteiger partial charge in [-0.15, -0.1) is 0 Å². The van der Waals surface area contributed by atoms with Crippen molar-refractivity contribution in [3.63, 3.8) is 0 Å². The molecule has 1 amide bonds. The number of nitrogens with one attached hydrogen (secondary N) is 2. The van der Waals surface area contributed by atoms with Crippen molar-refractivity contribution >= 4 is 23.0 Å². The lowest BCUT2D eigenvalue weighted by Crippen LogP contribution is -2.19. The summed E-state index contributed by atoms with van der Waals surface area (Å²) in [6.07, 6.45) is 0. The van der Waals surface area contributed by atoms with Crippen LogP contribution in [0.4, 0.5) is 17.1 Å². The molecule has 2 rings (SSSR count). The van der Waals surface area contributed by atoms with Crippen LogP contribution >= 0.6 is 0 Å². The fourth-order valence-electron chi connectivity index (χ4n) is 1.67. The Hall–Kier alpha value is -2.49. The zero-order valence-corrected chi connectivity index (χ0v) is 10.1. The van der Waals surface area contributed by atoms with Gasteiger partial charge in [-0.3, -0.25) is 4.79 Å². The lowest BCUT2D eigenvalue weighted by Gasteiger charge is -2.11. The van der Waals surface area contributed by atoms with E-state index in [0.717, 1.165) is 11.4 Å². The third-order valence-electron chi connectivity index (χ3n) is 2.57. The first-order chi connectivity index (χ1) is 8.70. The highest BCUT2D eigenvalue weighted by atomic mass is 16.1. The van der Waals surface area contributed by atoms with E-state index in [1.165, 1.54) is 0 Å². The summed E-state index contributed by atoms with van der Waals surface area (Å²) in [5.74, 6) is -0.166. The summed E-state index contributed by atoms with van der Waals surface area (Å²) in [6.45, 7) is 0. The van der Waals surface area contributed by atoms with E-state index >= 15 is 0 Å². The van der Waals surface area contributed by atoms with Crippen LogP contribution in [-0.2, 0) is 0 Å². The van der Waals surface area contributed by atoms with Crippen molar-refractivity contribution in [1.82, 2.24) is 5.32 Å². The van der Waals surface area contributed by atoms with Crippen molar-refractivity contribution in [3.05, 3.63) is 54.1 Å². The standard InChI is InChI=1S/C14H15N3O/c1-16-14(18)12-9-10(15)7-8-13(12)17-11-5-3-2-4-6-11/h2-9,17H,15H2,1H3,(H,16,18). The Labute approximate surface area is 106 Å². The van der Waals surface area contributed by atoms with Gasteiger partial charge >= 0.3 is 0 Å². The Bertz CT molecular complexity index is 552. The zero-order chi connectivity index (χ0) is 13.0. The third kappa shape index (κ3) is 2.60. The van der Waals surface area contributed by atoms with Crippen LogP contribution in [0.5, 0.6) is 0 Å². The summed E-state index contributed by atoms with van der Waals surface area (Å²) < 4.78 is 0. The molecule has 18 heavy (non-hydrogen) atoms. The molecule has 0 atom stereocenters. The summed E-state index contributed by atoms with van der Waals surface area (Å²) in [6, 6.07) is 14.9. The maximum atomic E-state index is 11.8. The number of carbonyl (C=O) groups excluding carboxylic acids is 1. The van der Waals surface area contributed by atoms with Crippen molar-refractivity contribution in [2.45, 2.75) is 0 Å². The number of rotatable bonds is 3. The van der Waals surface area contributed by atoms with Crippen LogP contribution in [0, 0.1) is 0 Å². The van der Waals surface area contributed by atoms with Crippen LogP contribution in [0.2, 0.25) is 0 Å². The molecule has 0 aliphatic rings. The van der Waals surface area contributed by atoms with E-state index < -0.39 is 0 Å². The van der Waals surface area contributed by atoms with Crippen LogP contribution in [0.1, 0.15) is 10.4 Å². The van der Waals surface area contributed by atoms with Crippen LogP contribution in [0.3, 0.4) is 0 Å². The number of hydrogen-bond donors (Lipinski definition) is 3. The first kappa shape index (κ1) is 12.0. The van der Waals surface area contributed by atoms with Gasteiger partial charge in [0.25, 0.3) is 5.91 Å². The van der Waals surface area contributed by atoms with Crippen LogP contribution in [0.25, 0.3) is 0 Å². The van der Waals surface area contributed by atoms with Crippen molar-refractivity contribution in [1.29, 1.82) is 0 Å². The Kier molecular flexibility index (Phi) is 3.48. The third-order valence-corrected chi connectivity index (χ3v) is 2.57. The Balaban J connectivity index is 2.35. The van der Waals surface area contributed by atoms with E-state index in [1.807, 2.05) is 30.3 Å². The minimum absolute atomic E-state index is 0.166. The van der Waals surface area contributed by atoms with Gasteiger partial charge in [0.05, 0.1) is 11.3 Å². The predicted molar refractivity (Wildman–Crippen MR) is 74.0 cm³/mol. The minimum Gasteiger partial charge on any atom is -0.399 e. The monoisotopic (exact) mass is 241 g/mol. The molecular formula is C14H15N3O. The van der Waals surface area contributed by atoms with Crippen LogP contribution < -0.4 is 16.4 Å². The average molecular weight is 241 g/mol. The molecule has 0 aliphatic heterocycles. The van der Waals surface area contributed by atoms with Gasteiger partial charge in [0.2, 0.25) is 0 Å². The molecule has 4 nitrogen and oxygen atoms in total. The molecule has 4 heteroatoms. The highest BCUT2D eigenvalue weighted by Crippen LogP contribution is 2.23. The second kappa shape index (κ2) is 5.23. The molecule has 0 bridgehead atoms. The first-order valence-electron chi connectivity index (χ1n) is 5.64. The normalized spacial score (nSPS) is 9.83. The van der Waals surface area contributed by atoms with Crippen LogP contribution in [-0.4, -0.2) is 13.0 Å². The lowest BCUT2D eigenvalue weighted by atomic mass is 10.1. The zero-order valence-electron chi connectivity index (χ0n) is 10.1. The van der Waals surface area contributed by atoms with Gasteiger partial charge in [-0.2, -0.15) is 0 Å². The molecule has 4 N–H and O–H groups in total. The molecule has 0 saturated heterocycles. The maximum absolute atomic E-state index is 11.8. The minimum atomic E-state index is -0.166. The quantitative estimate of drug-likeness (QED) is 0.723. The summed E-state index contributed by atoms with van der Waals surface area (Å²) in [4.78, 5) is 11.8. The largest absolute Gasteiger partial charge is 0.399 e. The fourth-order valence-corrected chi connectivity index (χ4v) is 1.67. The highest BCUT2D eigenvalue weighted by Gasteiger charge is 2.10. The summed E-state index contributed by atoms with van der Waals surface area (Å²) in [5, 5.41) is 5.80. The van der Waals surface area contributed by atoms with E-state index in [0.29, 0.717) is 11.3 Å². The number of hydrogen-bond acceptors (Lipinski definition) is 3. The molecule has 2 aromatic carbocycles. The van der Waals surface area contributed by atoms with Gasteiger partial charge in [-0.25, -0.2) is 0 Å². The Morgan fingerprint density at radius 2 is 1.83 bits per heavy atom. The number of benzene rings is 2. The van der Waals surface area contributed by atoms with Crippen LogP contribution in [0.15, 0.2) is 48.5 Å². The molecule has 2 aromatic rings. The van der Waals surface area contributed by atoms with E-state index in [1.54, 1.807) is 25.2 Å². The number of nitrogens with two attached hydrogens (primary N) is 1. The molecule has 92 valence electrons. The smallest absolute Gasteiger partial charge is 0.253 e. The number of nitrogen functional groups attached to an aromatic ring is 1. The van der Waals surface area contributed by atoms with E-state index in [4.69, 9.17) is 5.73 Å². The SMILES string of the molecule is CNC(=O)c1cc(N)ccc1Nc1ccccc1. The average Bonchev–Trinajstić information content (AvgIpc) is 2.41. The molecule has 0 saturated carbocycles. The van der Waals surface area contributed by atoms with E-state index in [2.05, 4.69) is 10.6 Å². The van der Waals surface area contributed by atoms with Gasteiger partial charge in [0, 0.05) is 18.4 Å². The molecule has 0 fully saturated rings. The number of carbonyl (C=O) groups is 1. The van der Waals surface area contributed by atoms with E-state index in [9.17, 15) is 4.79 Å². The lowest BCUT2D eigenvalue weighted by molar-refractivity contribution is 0.0964. The topological polar surface area (TPSA) is 67.2 Å². The van der Waals surface area contributed by atoms with Crippen molar-refractivity contribution < 1.29 is 4.79 Å². The summed E-state index contributed by atoms with van der Waals surface area (Å²) in [5.41, 5.74) is 8.45. The fraction of sp³-hybridized carbons (Fsp3) is 0.0714. The van der Waals surface area contributed by atoms with Gasteiger partial charge in [0.1, 0.15) is 0 Å². The Morgan fingerprint density at radius 3 is 2.50 bits per heavy atom. The van der Waals surface area contributed by atoms with Gasteiger partial charge in [-0.1, -0.05) is 18.2 Å². The number of para-hydroxylation sites is 1. The molecule has 0 unspecified atom stereocenters. The summed E-state index contributed by atoms with van der Waals surface area (Å²) in [7, 11) is 1.60. The van der Waals surface area contributed by atoms with Gasteiger partial charge in [0.15, 0.2) is 0 Å². The highest BCUT2D eigenvalue weighted by molar-refractivity contribution is 6.01.